The summed E-state index contributed by atoms with van der Waals surface area (Å²) in [5, 5.41) is 9.65. The largest absolute Gasteiger partial charge is 0.481 e. The van der Waals surface area contributed by atoms with E-state index in [0.717, 1.165) is 38.5 Å². The number of carboxylic acids is 1. The normalized spacial score (nSPS) is 35.8. The first-order valence-electron chi connectivity index (χ1n) is 7.98. The molecule has 3 fully saturated rings. The van der Waals surface area contributed by atoms with Crippen molar-refractivity contribution in [3.8, 4) is 0 Å². The molecule has 3 rings (SSSR count). The van der Waals surface area contributed by atoms with Crippen LogP contribution in [0, 0.1) is 17.8 Å². The molecule has 120 valence electrons. The highest BCUT2D eigenvalue weighted by Gasteiger charge is 2.47. The minimum atomic E-state index is -3.03. The molecule has 3 unspecified atom stereocenters. The number of aliphatic carboxylic acids is 1. The Kier molecular flexibility index (Phi) is 4.03. The van der Waals surface area contributed by atoms with E-state index in [4.69, 9.17) is 4.74 Å². The Morgan fingerprint density at radius 2 is 1.90 bits per heavy atom. The van der Waals surface area contributed by atoms with Crippen molar-refractivity contribution in [3.05, 3.63) is 0 Å². The third kappa shape index (κ3) is 3.11. The molecule has 3 aliphatic rings. The van der Waals surface area contributed by atoms with Crippen LogP contribution in [0.3, 0.4) is 0 Å². The first-order chi connectivity index (χ1) is 9.91. The summed E-state index contributed by atoms with van der Waals surface area (Å²) < 4.78 is 29.3. The lowest BCUT2D eigenvalue weighted by molar-refractivity contribution is -0.152. The SMILES string of the molecule is O=C(O)C(C1CCOC2(CCCC2)C1)C1CCS(=O)(=O)C1. The lowest BCUT2D eigenvalue weighted by Gasteiger charge is -2.41. The Bertz CT molecular complexity index is 506. The van der Waals surface area contributed by atoms with Gasteiger partial charge in [0.15, 0.2) is 9.84 Å². The molecular formula is C15H24O5S. The lowest BCUT2D eigenvalue weighted by atomic mass is 9.72. The topological polar surface area (TPSA) is 80.7 Å². The van der Waals surface area contributed by atoms with E-state index in [2.05, 4.69) is 0 Å². The Morgan fingerprint density at radius 1 is 1.19 bits per heavy atom. The summed E-state index contributed by atoms with van der Waals surface area (Å²) in [5.41, 5.74) is -0.117. The standard InChI is InChI=1S/C15H24O5S/c16-14(17)13(12-4-8-21(18,19)10-12)11-3-7-20-15(9-11)5-1-2-6-15/h11-13H,1-10H2,(H,16,17). The molecule has 2 saturated heterocycles. The van der Waals surface area contributed by atoms with Crippen molar-refractivity contribution in [2.75, 3.05) is 18.1 Å². The predicted octanol–water partition coefficient (Wildman–Crippen LogP) is 1.86. The maximum Gasteiger partial charge on any atom is 0.307 e. The van der Waals surface area contributed by atoms with Crippen molar-refractivity contribution in [1.29, 1.82) is 0 Å². The molecule has 3 atom stereocenters. The fourth-order valence-electron chi connectivity index (χ4n) is 4.64. The summed E-state index contributed by atoms with van der Waals surface area (Å²) in [4.78, 5) is 11.8. The van der Waals surface area contributed by atoms with E-state index >= 15 is 0 Å². The van der Waals surface area contributed by atoms with Gasteiger partial charge in [0.25, 0.3) is 0 Å². The van der Waals surface area contributed by atoms with Gasteiger partial charge in [0, 0.05) is 6.61 Å². The highest BCUT2D eigenvalue weighted by Crippen LogP contribution is 2.46. The van der Waals surface area contributed by atoms with E-state index in [1.165, 1.54) is 0 Å². The molecule has 0 amide bonds. The van der Waals surface area contributed by atoms with Crippen molar-refractivity contribution < 1.29 is 23.1 Å². The second kappa shape index (κ2) is 5.54. The summed E-state index contributed by atoms with van der Waals surface area (Å²) >= 11 is 0. The molecule has 5 nitrogen and oxygen atoms in total. The highest BCUT2D eigenvalue weighted by atomic mass is 32.2. The average Bonchev–Trinajstić information content (AvgIpc) is 2.97. The predicted molar refractivity (Wildman–Crippen MR) is 77.8 cm³/mol. The summed E-state index contributed by atoms with van der Waals surface area (Å²) in [6, 6.07) is 0. The molecule has 1 N–H and O–H groups in total. The van der Waals surface area contributed by atoms with Gasteiger partial charge >= 0.3 is 5.97 Å². The van der Waals surface area contributed by atoms with Crippen molar-refractivity contribution in [1.82, 2.24) is 0 Å². The second-order valence-electron chi connectivity index (χ2n) is 7.02. The van der Waals surface area contributed by atoms with E-state index in [0.29, 0.717) is 13.0 Å². The van der Waals surface area contributed by atoms with Crippen LogP contribution in [0.5, 0.6) is 0 Å². The minimum Gasteiger partial charge on any atom is -0.481 e. The lowest BCUT2D eigenvalue weighted by Crippen LogP contribution is -2.43. The van der Waals surface area contributed by atoms with Gasteiger partial charge < -0.3 is 9.84 Å². The van der Waals surface area contributed by atoms with Crippen LogP contribution in [-0.4, -0.2) is 43.2 Å². The van der Waals surface area contributed by atoms with Crippen molar-refractivity contribution in [2.24, 2.45) is 17.8 Å². The minimum absolute atomic E-state index is 0.0499. The van der Waals surface area contributed by atoms with Gasteiger partial charge in [0.2, 0.25) is 0 Å². The van der Waals surface area contributed by atoms with Crippen molar-refractivity contribution >= 4 is 15.8 Å². The van der Waals surface area contributed by atoms with Gasteiger partial charge in [-0.2, -0.15) is 0 Å². The van der Waals surface area contributed by atoms with Gasteiger partial charge in [-0.3, -0.25) is 4.79 Å². The number of carboxylic acid groups (broad SMARTS) is 1. The fourth-order valence-corrected chi connectivity index (χ4v) is 6.49. The number of rotatable bonds is 3. The summed E-state index contributed by atoms with van der Waals surface area (Å²) in [5.74, 6) is -1.30. The van der Waals surface area contributed by atoms with Gasteiger partial charge in [-0.15, -0.1) is 0 Å². The van der Waals surface area contributed by atoms with Crippen LogP contribution >= 0.6 is 0 Å². The Labute approximate surface area is 126 Å². The summed E-state index contributed by atoms with van der Waals surface area (Å²) in [7, 11) is -3.03. The van der Waals surface area contributed by atoms with Gasteiger partial charge in [-0.1, -0.05) is 12.8 Å². The van der Waals surface area contributed by atoms with E-state index in [1.54, 1.807) is 0 Å². The van der Waals surface area contributed by atoms with Crippen molar-refractivity contribution in [2.45, 2.75) is 50.5 Å². The van der Waals surface area contributed by atoms with Crippen LogP contribution < -0.4 is 0 Å². The molecule has 2 aliphatic heterocycles. The molecule has 1 spiro atoms. The monoisotopic (exact) mass is 316 g/mol. The Morgan fingerprint density at radius 3 is 2.48 bits per heavy atom. The molecule has 0 aromatic heterocycles. The number of sulfone groups is 1. The number of hydrogen-bond donors (Lipinski definition) is 1. The third-order valence-electron chi connectivity index (χ3n) is 5.61. The molecule has 0 radical (unpaired) electrons. The van der Waals surface area contributed by atoms with Gasteiger partial charge in [-0.05, 0) is 43.9 Å². The van der Waals surface area contributed by atoms with Crippen LogP contribution in [0.4, 0.5) is 0 Å². The van der Waals surface area contributed by atoms with E-state index in [1.807, 2.05) is 0 Å². The molecule has 0 aromatic rings. The van der Waals surface area contributed by atoms with Crippen LogP contribution in [0.25, 0.3) is 0 Å². The number of carbonyl (C=O) groups is 1. The molecule has 6 heteroatoms. The zero-order chi connectivity index (χ0) is 15.1. The number of ether oxygens (including phenoxy) is 1. The first kappa shape index (κ1) is 15.3. The average molecular weight is 316 g/mol. The van der Waals surface area contributed by atoms with Crippen LogP contribution in [0.1, 0.15) is 44.9 Å². The van der Waals surface area contributed by atoms with E-state index in [-0.39, 0.29) is 28.9 Å². The van der Waals surface area contributed by atoms with E-state index < -0.39 is 21.7 Å². The van der Waals surface area contributed by atoms with Crippen LogP contribution in [-0.2, 0) is 19.4 Å². The molecule has 1 aliphatic carbocycles. The first-order valence-corrected chi connectivity index (χ1v) is 9.80. The molecular weight excluding hydrogens is 292 g/mol. The summed E-state index contributed by atoms with van der Waals surface area (Å²) in [6.45, 7) is 0.619. The smallest absolute Gasteiger partial charge is 0.307 e. The van der Waals surface area contributed by atoms with Crippen LogP contribution in [0.2, 0.25) is 0 Å². The highest BCUT2D eigenvalue weighted by molar-refractivity contribution is 7.91. The van der Waals surface area contributed by atoms with E-state index in [9.17, 15) is 18.3 Å². The maximum absolute atomic E-state index is 11.8. The van der Waals surface area contributed by atoms with Gasteiger partial charge in [0.05, 0.1) is 23.0 Å². The quantitative estimate of drug-likeness (QED) is 0.859. The van der Waals surface area contributed by atoms with Crippen molar-refractivity contribution in [3.63, 3.8) is 0 Å². The molecule has 0 bridgehead atoms. The zero-order valence-corrected chi connectivity index (χ0v) is 13.1. The van der Waals surface area contributed by atoms with Crippen LogP contribution in [0.15, 0.2) is 0 Å². The molecule has 2 heterocycles. The Balaban J connectivity index is 1.76. The second-order valence-corrected chi connectivity index (χ2v) is 9.25. The number of hydrogen-bond acceptors (Lipinski definition) is 4. The molecule has 21 heavy (non-hydrogen) atoms. The Hall–Kier alpha value is -0.620. The zero-order valence-electron chi connectivity index (χ0n) is 12.3. The maximum atomic E-state index is 11.8. The summed E-state index contributed by atoms with van der Waals surface area (Å²) in [6.07, 6.45) is 6.40. The van der Waals surface area contributed by atoms with Gasteiger partial charge in [-0.25, -0.2) is 8.42 Å². The molecule has 0 aromatic carbocycles. The third-order valence-corrected chi connectivity index (χ3v) is 7.41. The fraction of sp³-hybridized carbons (Fsp3) is 0.933. The van der Waals surface area contributed by atoms with Gasteiger partial charge in [0.1, 0.15) is 0 Å². The molecule has 1 saturated carbocycles.